The van der Waals surface area contributed by atoms with Gasteiger partial charge in [0.25, 0.3) is 0 Å². The van der Waals surface area contributed by atoms with Gasteiger partial charge in [0, 0.05) is 12.1 Å². The summed E-state index contributed by atoms with van der Waals surface area (Å²) in [6, 6.07) is 14.0. The minimum Gasteiger partial charge on any atom is -0.490 e. The summed E-state index contributed by atoms with van der Waals surface area (Å²) in [4.78, 5) is 12.4. The fraction of sp³-hybridized carbons (Fsp3) is 0.423. The summed E-state index contributed by atoms with van der Waals surface area (Å²) in [7, 11) is 0. The number of ether oxygens (including phenoxy) is 2. The van der Waals surface area contributed by atoms with E-state index in [0.29, 0.717) is 37.2 Å². The zero-order valence-corrected chi connectivity index (χ0v) is 21.9. The van der Waals surface area contributed by atoms with Crippen LogP contribution in [0.25, 0.3) is 11.4 Å². The van der Waals surface area contributed by atoms with Crippen molar-refractivity contribution >= 4 is 17.7 Å². The van der Waals surface area contributed by atoms with Gasteiger partial charge in [-0.25, -0.2) is 4.68 Å². The van der Waals surface area contributed by atoms with Gasteiger partial charge < -0.3 is 20.6 Å². The lowest BCUT2D eigenvalue weighted by Gasteiger charge is -2.19. The van der Waals surface area contributed by atoms with Crippen LogP contribution in [0.4, 0.5) is 0 Å². The Morgan fingerprint density at radius 3 is 2.37 bits per heavy atom. The molecule has 1 heterocycles. The molecule has 0 spiro atoms. The van der Waals surface area contributed by atoms with E-state index in [1.165, 1.54) is 22.0 Å². The van der Waals surface area contributed by atoms with Crippen LogP contribution in [0.1, 0.15) is 45.7 Å². The molecular weight excluding hydrogens is 462 g/mol. The molecule has 188 valence electrons. The molecule has 2 aromatic carbocycles. The maximum Gasteiger partial charge on any atom is 0.230 e. The first kappa shape index (κ1) is 26.4. The number of hydrogen-bond acceptors (Lipinski definition) is 7. The molecule has 3 aromatic rings. The fourth-order valence-corrected chi connectivity index (χ4v) is 4.16. The number of benzene rings is 2. The SMILES string of the molecule is CCOc1ccc(CCNC(=O)CSc2nnc(-c3ccc(C(C)(C)C)cc3)n2N)cc1OCC. The molecule has 0 atom stereocenters. The normalized spacial score (nSPS) is 11.3. The van der Waals surface area contributed by atoms with Crippen molar-refractivity contribution in [1.29, 1.82) is 0 Å². The molecular formula is C26H35N5O3S. The highest BCUT2D eigenvalue weighted by atomic mass is 32.2. The van der Waals surface area contributed by atoms with Crippen molar-refractivity contribution in [3.8, 4) is 22.9 Å². The highest BCUT2D eigenvalue weighted by Gasteiger charge is 2.16. The van der Waals surface area contributed by atoms with Crippen molar-refractivity contribution in [1.82, 2.24) is 20.2 Å². The van der Waals surface area contributed by atoms with Crippen molar-refractivity contribution in [2.24, 2.45) is 0 Å². The third-order valence-electron chi connectivity index (χ3n) is 5.35. The summed E-state index contributed by atoms with van der Waals surface area (Å²) in [5.74, 6) is 8.34. The lowest BCUT2D eigenvalue weighted by Crippen LogP contribution is -2.27. The lowest BCUT2D eigenvalue weighted by atomic mass is 9.87. The van der Waals surface area contributed by atoms with Crippen LogP contribution in [-0.4, -0.2) is 46.3 Å². The van der Waals surface area contributed by atoms with Gasteiger partial charge in [0.15, 0.2) is 17.3 Å². The number of thioether (sulfide) groups is 1. The van der Waals surface area contributed by atoms with E-state index in [1.54, 1.807) is 0 Å². The van der Waals surface area contributed by atoms with Gasteiger partial charge in [0.1, 0.15) is 0 Å². The van der Waals surface area contributed by atoms with E-state index in [-0.39, 0.29) is 17.1 Å². The number of nitrogen functional groups attached to an aromatic ring is 1. The van der Waals surface area contributed by atoms with E-state index in [0.717, 1.165) is 22.6 Å². The van der Waals surface area contributed by atoms with Crippen LogP contribution in [0.3, 0.4) is 0 Å². The smallest absolute Gasteiger partial charge is 0.230 e. The summed E-state index contributed by atoms with van der Waals surface area (Å²) in [6.45, 7) is 12.0. The van der Waals surface area contributed by atoms with E-state index >= 15 is 0 Å². The Morgan fingerprint density at radius 2 is 1.71 bits per heavy atom. The molecule has 0 bridgehead atoms. The Bertz CT molecular complexity index is 1120. The third kappa shape index (κ3) is 7.14. The number of amides is 1. The van der Waals surface area contributed by atoms with E-state index in [4.69, 9.17) is 15.3 Å². The van der Waals surface area contributed by atoms with Gasteiger partial charge in [-0.3, -0.25) is 4.79 Å². The third-order valence-corrected chi connectivity index (χ3v) is 6.29. The average molecular weight is 498 g/mol. The number of rotatable bonds is 11. The van der Waals surface area contributed by atoms with Crippen molar-refractivity contribution in [3.63, 3.8) is 0 Å². The van der Waals surface area contributed by atoms with Gasteiger partial charge >= 0.3 is 0 Å². The minimum absolute atomic E-state index is 0.0712. The van der Waals surface area contributed by atoms with Crippen LogP contribution in [0.15, 0.2) is 47.6 Å². The second-order valence-electron chi connectivity index (χ2n) is 9.04. The molecule has 0 radical (unpaired) electrons. The molecule has 0 saturated heterocycles. The highest BCUT2D eigenvalue weighted by Crippen LogP contribution is 2.29. The topological polar surface area (TPSA) is 104 Å². The first-order chi connectivity index (χ1) is 16.7. The molecule has 0 aliphatic heterocycles. The minimum atomic E-state index is -0.0925. The van der Waals surface area contributed by atoms with Crippen LogP contribution in [0, 0.1) is 0 Å². The molecule has 0 fully saturated rings. The number of hydrogen-bond donors (Lipinski definition) is 2. The molecule has 9 heteroatoms. The zero-order chi connectivity index (χ0) is 25.4. The highest BCUT2D eigenvalue weighted by molar-refractivity contribution is 7.99. The van der Waals surface area contributed by atoms with Crippen LogP contribution < -0.4 is 20.6 Å². The molecule has 0 unspecified atom stereocenters. The lowest BCUT2D eigenvalue weighted by molar-refractivity contribution is -0.118. The monoisotopic (exact) mass is 497 g/mol. The first-order valence-corrected chi connectivity index (χ1v) is 12.8. The number of nitrogens with zero attached hydrogens (tertiary/aromatic N) is 3. The largest absolute Gasteiger partial charge is 0.490 e. The number of carbonyl (C=O) groups is 1. The summed E-state index contributed by atoms with van der Waals surface area (Å²) < 4.78 is 12.7. The summed E-state index contributed by atoms with van der Waals surface area (Å²) in [6.07, 6.45) is 0.685. The number of nitrogens with one attached hydrogen (secondary N) is 1. The molecule has 0 aliphatic rings. The van der Waals surface area contributed by atoms with Crippen LogP contribution >= 0.6 is 11.8 Å². The number of nitrogens with two attached hydrogens (primary N) is 1. The second kappa shape index (κ2) is 12.0. The molecule has 3 rings (SSSR count). The van der Waals surface area contributed by atoms with Crippen LogP contribution in [0.5, 0.6) is 11.5 Å². The Hall–Kier alpha value is -3.20. The average Bonchev–Trinajstić information content (AvgIpc) is 3.19. The molecule has 0 saturated carbocycles. The van der Waals surface area contributed by atoms with Gasteiger partial charge in [0.05, 0.1) is 19.0 Å². The second-order valence-corrected chi connectivity index (χ2v) is 9.98. The molecule has 1 aromatic heterocycles. The van der Waals surface area contributed by atoms with Crippen LogP contribution in [-0.2, 0) is 16.6 Å². The van der Waals surface area contributed by atoms with Crippen molar-refractivity contribution in [2.75, 3.05) is 31.4 Å². The Labute approximate surface area is 211 Å². The first-order valence-electron chi connectivity index (χ1n) is 11.8. The van der Waals surface area contributed by atoms with Gasteiger partial charge in [-0.15, -0.1) is 10.2 Å². The Kier molecular flexibility index (Phi) is 9.03. The Morgan fingerprint density at radius 1 is 1.03 bits per heavy atom. The van der Waals surface area contributed by atoms with Gasteiger partial charge in [-0.1, -0.05) is 62.9 Å². The summed E-state index contributed by atoms with van der Waals surface area (Å²) >= 11 is 1.26. The van der Waals surface area contributed by atoms with Gasteiger partial charge in [-0.05, 0) is 48.9 Å². The predicted octanol–water partition coefficient (Wildman–Crippen LogP) is 4.20. The molecule has 3 N–H and O–H groups in total. The van der Waals surface area contributed by atoms with E-state index < -0.39 is 0 Å². The molecule has 1 amide bonds. The number of aromatic nitrogens is 3. The number of carbonyl (C=O) groups excluding carboxylic acids is 1. The van der Waals surface area contributed by atoms with Crippen molar-refractivity contribution in [2.45, 2.75) is 51.6 Å². The van der Waals surface area contributed by atoms with E-state index in [9.17, 15) is 4.79 Å². The van der Waals surface area contributed by atoms with Crippen molar-refractivity contribution < 1.29 is 14.3 Å². The van der Waals surface area contributed by atoms with Gasteiger partial charge in [0.2, 0.25) is 11.1 Å². The maximum absolute atomic E-state index is 12.4. The fourth-order valence-electron chi connectivity index (χ4n) is 3.47. The van der Waals surface area contributed by atoms with E-state index in [2.05, 4.69) is 48.4 Å². The molecule has 35 heavy (non-hydrogen) atoms. The summed E-state index contributed by atoms with van der Waals surface area (Å²) in [5.41, 5.74) is 3.25. The standard InChI is InChI=1S/C26H35N5O3S/c1-6-33-21-13-8-18(16-22(21)34-7-2)14-15-28-23(32)17-35-25-30-29-24(31(25)27)19-9-11-20(12-10-19)26(3,4)5/h8-13,16H,6-7,14-15,17,27H2,1-5H3,(H,28,32). The van der Waals surface area contributed by atoms with E-state index in [1.807, 2.05) is 44.2 Å². The van der Waals surface area contributed by atoms with Crippen molar-refractivity contribution in [3.05, 3.63) is 53.6 Å². The summed E-state index contributed by atoms with van der Waals surface area (Å²) in [5, 5.41) is 11.8. The maximum atomic E-state index is 12.4. The molecule has 0 aliphatic carbocycles. The molecule has 8 nitrogen and oxygen atoms in total. The van der Waals surface area contributed by atoms with Crippen LogP contribution in [0.2, 0.25) is 0 Å². The predicted molar refractivity (Wildman–Crippen MR) is 141 cm³/mol. The van der Waals surface area contributed by atoms with Gasteiger partial charge in [-0.2, -0.15) is 0 Å². The Balaban J connectivity index is 1.51. The zero-order valence-electron chi connectivity index (χ0n) is 21.1. The quantitative estimate of drug-likeness (QED) is 0.302.